The SMILES string of the molecule is Cc1ccc(C)c2c1N[C@H](c1ccc(Br)cc1)[C@@H]1CC=C[C@H]21. The minimum Gasteiger partial charge on any atom is -0.377 e. The smallest absolute Gasteiger partial charge is 0.0554 e. The van der Waals surface area contributed by atoms with Crippen LogP contribution in [0.3, 0.4) is 0 Å². The van der Waals surface area contributed by atoms with Gasteiger partial charge in [0.15, 0.2) is 0 Å². The number of hydrogen-bond acceptors (Lipinski definition) is 1. The van der Waals surface area contributed by atoms with Gasteiger partial charge in [-0.05, 0) is 60.6 Å². The molecule has 0 aromatic heterocycles. The van der Waals surface area contributed by atoms with Gasteiger partial charge in [0.2, 0.25) is 0 Å². The fourth-order valence-corrected chi connectivity index (χ4v) is 4.31. The summed E-state index contributed by atoms with van der Waals surface area (Å²) in [5.41, 5.74) is 6.99. The molecule has 2 aliphatic rings. The molecule has 1 heterocycles. The lowest BCUT2D eigenvalue weighted by molar-refractivity contribution is 0.424. The zero-order valence-corrected chi connectivity index (χ0v) is 14.5. The quantitative estimate of drug-likeness (QED) is 0.630. The average molecular weight is 354 g/mol. The molecule has 1 N–H and O–H groups in total. The van der Waals surface area contributed by atoms with Crippen LogP contribution in [0.2, 0.25) is 0 Å². The van der Waals surface area contributed by atoms with Crippen LogP contribution in [0.5, 0.6) is 0 Å². The molecule has 0 radical (unpaired) electrons. The van der Waals surface area contributed by atoms with Crippen LogP contribution >= 0.6 is 15.9 Å². The van der Waals surface area contributed by atoms with E-state index in [1.54, 1.807) is 0 Å². The summed E-state index contributed by atoms with van der Waals surface area (Å²) in [6, 6.07) is 13.7. The van der Waals surface area contributed by atoms with Gasteiger partial charge < -0.3 is 5.32 Å². The molecule has 2 aromatic rings. The Bertz CT molecular complexity index is 745. The van der Waals surface area contributed by atoms with Crippen LogP contribution < -0.4 is 5.32 Å². The van der Waals surface area contributed by atoms with Crippen LogP contribution in [0.4, 0.5) is 5.69 Å². The van der Waals surface area contributed by atoms with E-state index in [0.717, 1.165) is 10.9 Å². The van der Waals surface area contributed by atoms with E-state index in [0.29, 0.717) is 17.9 Å². The molecule has 0 spiro atoms. The average Bonchev–Trinajstić information content (AvgIpc) is 3.00. The summed E-state index contributed by atoms with van der Waals surface area (Å²) >= 11 is 3.54. The highest BCUT2D eigenvalue weighted by Crippen LogP contribution is 2.51. The third kappa shape index (κ3) is 2.13. The molecular weight excluding hydrogens is 334 g/mol. The van der Waals surface area contributed by atoms with Gasteiger partial charge in [0.05, 0.1) is 6.04 Å². The van der Waals surface area contributed by atoms with E-state index in [1.165, 1.54) is 27.9 Å². The van der Waals surface area contributed by atoms with Crippen molar-refractivity contribution >= 4 is 21.6 Å². The van der Waals surface area contributed by atoms with Crippen molar-refractivity contribution in [2.24, 2.45) is 5.92 Å². The van der Waals surface area contributed by atoms with Crippen LogP contribution in [0.1, 0.15) is 40.6 Å². The highest BCUT2D eigenvalue weighted by molar-refractivity contribution is 9.10. The third-order valence-electron chi connectivity index (χ3n) is 5.18. The summed E-state index contributed by atoms with van der Waals surface area (Å²) < 4.78 is 1.14. The lowest BCUT2D eigenvalue weighted by Crippen LogP contribution is -2.30. The second kappa shape index (κ2) is 5.27. The molecule has 4 rings (SSSR count). The molecule has 1 aliphatic heterocycles. The van der Waals surface area contributed by atoms with Crippen molar-refractivity contribution < 1.29 is 0 Å². The molecule has 2 aromatic carbocycles. The predicted molar refractivity (Wildman–Crippen MR) is 96.4 cm³/mol. The Labute approximate surface area is 140 Å². The number of allylic oxidation sites excluding steroid dienone is 2. The normalized spacial score (nSPS) is 25.5. The Hall–Kier alpha value is -1.54. The van der Waals surface area contributed by atoms with Gasteiger partial charge in [0.25, 0.3) is 0 Å². The molecule has 0 amide bonds. The summed E-state index contributed by atoms with van der Waals surface area (Å²) in [6.07, 6.45) is 5.94. The van der Waals surface area contributed by atoms with Crippen molar-refractivity contribution in [3.05, 3.63) is 75.3 Å². The van der Waals surface area contributed by atoms with Gasteiger partial charge in [0, 0.05) is 16.1 Å². The maximum Gasteiger partial charge on any atom is 0.0554 e. The van der Waals surface area contributed by atoms with E-state index in [1.807, 2.05) is 0 Å². The van der Waals surface area contributed by atoms with Gasteiger partial charge in [0.1, 0.15) is 0 Å². The minimum absolute atomic E-state index is 0.390. The lowest BCUT2D eigenvalue weighted by Gasteiger charge is -2.39. The standard InChI is InChI=1S/C20H20BrN/c1-12-6-7-13(2)19-18(12)16-4-3-5-17(16)20(22-19)14-8-10-15(21)11-9-14/h3-4,6-11,16-17,20,22H,5H2,1-2H3/t16-,17+,20+/m0/s1. The molecule has 22 heavy (non-hydrogen) atoms. The summed E-state index contributed by atoms with van der Waals surface area (Å²) in [5.74, 6) is 1.17. The summed E-state index contributed by atoms with van der Waals surface area (Å²) in [5, 5.41) is 3.86. The van der Waals surface area contributed by atoms with E-state index in [9.17, 15) is 0 Å². The van der Waals surface area contributed by atoms with Crippen molar-refractivity contribution in [2.45, 2.75) is 32.2 Å². The predicted octanol–water partition coefficient (Wildman–Crippen LogP) is 5.89. The van der Waals surface area contributed by atoms with E-state index < -0.39 is 0 Å². The Morgan fingerprint density at radius 3 is 2.50 bits per heavy atom. The van der Waals surface area contributed by atoms with Crippen molar-refractivity contribution in [1.29, 1.82) is 0 Å². The molecule has 2 heteroatoms. The van der Waals surface area contributed by atoms with Crippen LogP contribution in [0, 0.1) is 19.8 Å². The van der Waals surface area contributed by atoms with Gasteiger partial charge >= 0.3 is 0 Å². The van der Waals surface area contributed by atoms with Crippen LogP contribution in [0.25, 0.3) is 0 Å². The van der Waals surface area contributed by atoms with Crippen molar-refractivity contribution in [1.82, 2.24) is 0 Å². The molecule has 3 atom stereocenters. The number of halogens is 1. The fourth-order valence-electron chi connectivity index (χ4n) is 4.04. The van der Waals surface area contributed by atoms with Gasteiger partial charge in [-0.15, -0.1) is 0 Å². The second-order valence-corrected chi connectivity index (χ2v) is 7.43. The van der Waals surface area contributed by atoms with E-state index >= 15 is 0 Å². The van der Waals surface area contributed by atoms with Gasteiger partial charge in [-0.3, -0.25) is 0 Å². The Balaban J connectivity index is 1.84. The molecule has 1 nitrogen and oxygen atoms in total. The summed E-state index contributed by atoms with van der Waals surface area (Å²) in [6.45, 7) is 4.45. The fraction of sp³-hybridized carbons (Fsp3) is 0.300. The Morgan fingerprint density at radius 2 is 1.73 bits per heavy atom. The zero-order chi connectivity index (χ0) is 15.3. The topological polar surface area (TPSA) is 12.0 Å². The number of benzene rings is 2. The van der Waals surface area contributed by atoms with Crippen molar-refractivity contribution in [3.63, 3.8) is 0 Å². The monoisotopic (exact) mass is 353 g/mol. The highest BCUT2D eigenvalue weighted by atomic mass is 79.9. The van der Waals surface area contributed by atoms with E-state index in [-0.39, 0.29) is 0 Å². The van der Waals surface area contributed by atoms with Crippen LogP contribution in [-0.4, -0.2) is 0 Å². The summed E-state index contributed by atoms with van der Waals surface area (Å²) in [7, 11) is 0. The first-order chi connectivity index (χ1) is 10.6. The highest BCUT2D eigenvalue weighted by Gasteiger charge is 2.38. The number of rotatable bonds is 1. The molecular formula is C20H20BrN. The van der Waals surface area contributed by atoms with E-state index in [2.05, 4.69) is 83.6 Å². The molecule has 0 saturated heterocycles. The number of hydrogen-bond donors (Lipinski definition) is 1. The molecule has 0 unspecified atom stereocenters. The maximum atomic E-state index is 3.86. The van der Waals surface area contributed by atoms with Crippen LogP contribution in [0.15, 0.2) is 53.0 Å². The summed E-state index contributed by atoms with van der Waals surface area (Å²) in [4.78, 5) is 0. The second-order valence-electron chi connectivity index (χ2n) is 6.52. The lowest BCUT2D eigenvalue weighted by atomic mass is 9.75. The van der Waals surface area contributed by atoms with Crippen LogP contribution in [-0.2, 0) is 0 Å². The molecule has 0 bridgehead atoms. The maximum absolute atomic E-state index is 3.86. The van der Waals surface area contributed by atoms with E-state index in [4.69, 9.17) is 0 Å². The molecule has 1 aliphatic carbocycles. The Kier molecular flexibility index (Phi) is 3.37. The molecule has 112 valence electrons. The van der Waals surface area contributed by atoms with Crippen molar-refractivity contribution in [2.75, 3.05) is 5.32 Å². The van der Waals surface area contributed by atoms with Crippen molar-refractivity contribution in [3.8, 4) is 0 Å². The minimum atomic E-state index is 0.390. The zero-order valence-electron chi connectivity index (χ0n) is 12.9. The van der Waals surface area contributed by atoms with Gasteiger partial charge in [-0.2, -0.15) is 0 Å². The number of anilines is 1. The largest absolute Gasteiger partial charge is 0.377 e. The molecule has 0 fully saturated rings. The first-order valence-corrected chi connectivity index (χ1v) is 8.73. The first kappa shape index (κ1) is 14.1. The number of fused-ring (bicyclic) bond motifs is 3. The Morgan fingerprint density at radius 1 is 1.00 bits per heavy atom. The third-order valence-corrected chi connectivity index (χ3v) is 5.70. The van der Waals surface area contributed by atoms with Gasteiger partial charge in [-0.1, -0.05) is 52.3 Å². The number of nitrogens with one attached hydrogen (secondary N) is 1. The molecule has 0 saturated carbocycles. The number of aryl methyl sites for hydroxylation is 2. The first-order valence-electron chi connectivity index (χ1n) is 7.94. The van der Waals surface area contributed by atoms with Gasteiger partial charge in [-0.25, -0.2) is 0 Å².